The zero-order valence-corrected chi connectivity index (χ0v) is 61.6. The summed E-state index contributed by atoms with van der Waals surface area (Å²) in [6.45, 7) is 2.26. The lowest BCUT2D eigenvalue weighted by atomic mass is 9.77. The second-order valence-electron chi connectivity index (χ2n) is 28.3. The normalized spacial score (nSPS) is 23.5. The van der Waals surface area contributed by atoms with Crippen molar-refractivity contribution in [2.45, 2.75) is 209 Å². The molecule has 0 aromatic heterocycles. The number of esters is 1. The summed E-state index contributed by atoms with van der Waals surface area (Å²) < 4.78 is 12.3. The molecule has 32 nitrogen and oxygen atoms in total. The number of carboxylic acids is 2. The summed E-state index contributed by atoms with van der Waals surface area (Å²) >= 11 is 5.69. The SMILES string of the molecule is C[C@@H]1NC(=O)[C@H]([C@@H](C)O)NC(=O)[C@@H]2CCCN2C(=O)[C@H](CCC(=O)O)NC(=O)CN(C(=O)CCCCNC(=S)Nc2ccc3c(c2)C2(OC3=O)c3ccc(O)cc3Oc3cc(O)ccc32)CCCCCC=CCCCCCCN(CC(N)=O)C(=O)[C@H](CCC(=O)O)NC(=O)[C@@H]2CCCN2C(=O)[C@@H]2CCCN2C1=O. The Kier molecular flexibility index (Phi) is 28.6. The zero-order valence-electron chi connectivity index (χ0n) is 60.8. The molecule has 6 aliphatic rings. The molecule has 3 fully saturated rings. The van der Waals surface area contributed by atoms with Crippen LogP contribution in [0.25, 0.3) is 0 Å². The van der Waals surface area contributed by atoms with E-state index in [4.69, 9.17) is 27.4 Å². The van der Waals surface area contributed by atoms with E-state index in [1.807, 2.05) is 6.08 Å². The molecule has 3 aromatic rings. The van der Waals surface area contributed by atoms with Crippen molar-refractivity contribution >= 4 is 100.0 Å². The largest absolute Gasteiger partial charge is 0.508 e. The van der Waals surface area contributed by atoms with Gasteiger partial charge in [0.2, 0.25) is 59.1 Å². The van der Waals surface area contributed by atoms with Gasteiger partial charge in [-0.15, -0.1) is 0 Å². The molecule has 0 radical (unpaired) electrons. The standard InChI is InChI=1S/C75H98N12O20S/c1-44-69(101)87-38-18-21-57(87)72(104)86-37-17-19-55(86)66(98)81-53(29-31-63(94)95)70(102)84(42-60(76)91)35-15-11-9-7-5-3-4-6-8-10-14-34-83(43-61(92)80-54(30-32-64(96)97)71(103)85-36-16-20-56(85)67(99)82-65(45(2)88)68(100)78-44)62(93)22-12-13-33-77-74(108)79-46-23-26-49-52(39-46)75(107-73(49)105)50-27-24-47(89)40-58(50)106-59-41-48(90)25-28-51(59)75/h3-4,23-28,39-41,44-45,53-57,65,88-90H,5-22,29-38,42-43H2,1-2H3,(H2,76,91)(H,78,100)(H,80,92)(H,81,98)(H,82,99)(H,94,95)(H,96,97)(H2,77,79,108)/t44-,45+,53-,54-,55-,56-,57-,65-/m0/s1. The van der Waals surface area contributed by atoms with E-state index in [9.17, 15) is 87.9 Å². The van der Waals surface area contributed by atoms with Crippen molar-refractivity contribution in [2.75, 3.05) is 57.7 Å². The lowest BCUT2D eigenvalue weighted by molar-refractivity contribution is -0.148. The van der Waals surface area contributed by atoms with Crippen LogP contribution in [-0.4, -0.2) is 233 Å². The quantitative estimate of drug-likeness (QED) is 0.0449. The maximum absolute atomic E-state index is 14.6. The monoisotopic (exact) mass is 1520 g/mol. The van der Waals surface area contributed by atoms with Gasteiger partial charge in [-0.05, 0) is 171 Å². The first-order valence-electron chi connectivity index (χ1n) is 37.2. The molecule has 13 N–H and O–H groups in total. The van der Waals surface area contributed by atoms with Gasteiger partial charge in [0.15, 0.2) is 10.7 Å². The van der Waals surface area contributed by atoms with Crippen molar-refractivity contribution in [3.63, 3.8) is 0 Å². The number of rotatable bonds is 15. The van der Waals surface area contributed by atoms with Gasteiger partial charge < -0.3 is 97.1 Å². The number of nitrogens with zero attached hydrogens (tertiary/aromatic N) is 5. The van der Waals surface area contributed by atoms with E-state index in [1.54, 1.807) is 30.3 Å². The number of aliphatic hydroxyl groups excluding tert-OH is 1. The number of carbonyl (C=O) groups excluding carboxylic acids is 11. The lowest BCUT2D eigenvalue weighted by Crippen LogP contribution is -2.61. The first kappa shape index (κ1) is 81.6. The Balaban J connectivity index is 0.867. The molecule has 108 heavy (non-hydrogen) atoms. The van der Waals surface area contributed by atoms with Crippen molar-refractivity contribution in [3.05, 3.63) is 89.0 Å². The Morgan fingerprint density at radius 3 is 1.77 bits per heavy atom. The number of carbonyl (C=O) groups is 13. The number of nitrogens with one attached hydrogen (secondary N) is 6. The molecule has 1 spiro atoms. The van der Waals surface area contributed by atoms with Gasteiger partial charge in [0, 0.05) is 93.0 Å². The number of thiocarbonyl (C=S) groups is 1. The topological polar surface area (TPSA) is 456 Å². The van der Waals surface area contributed by atoms with Crippen LogP contribution in [0.1, 0.15) is 182 Å². The van der Waals surface area contributed by atoms with Crippen molar-refractivity contribution in [2.24, 2.45) is 5.73 Å². The maximum atomic E-state index is 14.6. The average Bonchev–Trinajstić information content (AvgIpc) is 1.45. The average molecular weight is 1520 g/mol. The molecule has 9 rings (SSSR count). The number of primary amides is 1. The zero-order chi connectivity index (χ0) is 77.9. The third-order valence-electron chi connectivity index (χ3n) is 20.3. The minimum Gasteiger partial charge on any atom is -0.508 e. The van der Waals surface area contributed by atoms with E-state index in [0.29, 0.717) is 86.7 Å². The molecule has 6 aliphatic heterocycles. The summed E-state index contributed by atoms with van der Waals surface area (Å²) in [5, 5.41) is 68.1. The molecule has 0 aliphatic carbocycles. The van der Waals surface area contributed by atoms with Crippen molar-refractivity contribution in [1.82, 2.24) is 51.1 Å². The van der Waals surface area contributed by atoms with E-state index in [1.165, 1.54) is 57.7 Å². The van der Waals surface area contributed by atoms with Crippen LogP contribution in [0.2, 0.25) is 0 Å². The fraction of sp³-hybridized carbons (Fsp3) is 0.547. The number of benzene rings is 3. The number of phenolic OH excluding ortho intramolecular Hbond substituents is 2. The van der Waals surface area contributed by atoms with Gasteiger partial charge >= 0.3 is 17.9 Å². The van der Waals surface area contributed by atoms with E-state index in [0.717, 1.165) is 30.6 Å². The molecule has 0 unspecified atom stereocenters. The fourth-order valence-electron chi connectivity index (χ4n) is 14.9. The highest BCUT2D eigenvalue weighted by Crippen LogP contribution is 2.57. The second kappa shape index (κ2) is 37.9. The van der Waals surface area contributed by atoms with Crippen molar-refractivity contribution in [3.8, 4) is 23.0 Å². The van der Waals surface area contributed by atoms with E-state index in [2.05, 4.69) is 38.0 Å². The summed E-state index contributed by atoms with van der Waals surface area (Å²) in [4.78, 5) is 184. The molecule has 0 bridgehead atoms. The first-order valence-corrected chi connectivity index (χ1v) is 37.6. The van der Waals surface area contributed by atoms with Crippen LogP contribution >= 0.6 is 12.2 Å². The number of anilines is 1. The number of ether oxygens (including phenoxy) is 2. The molecule has 33 heteroatoms. The smallest absolute Gasteiger partial charge is 0.340 e. The predicted molar refractivity (Wildman–Crippen MR) is 392 cm³/mol. The highest BCUT2D eigenvalue weighted by molar-refractivity contribution is 7.80. The first-order chi connectivity index (χ1) is 51.6. The number of amides is 10. The van der Waals surface area contributed by atoms with Crippen LogP contribution in [0, 0.1) is 0 Å². The molecule has 8 atom stereocenters. The van der Waals surface area contributed by atoms with Crippen LogP contribution in [0.5, 0.6) is 23.0 Å². The Hall–Kier alpha value is -10.4. The van der Waals surface area contributed by atoms with Gasteiger partial charge in [-0.2, -0.15) is 0 Å². The Labute approximate surface area is 630 Å². The van der Waals surface area contributed by atoms with Gasteiger partial charge in [0.25, 0.3) is 0 Å². The highest BCUT2D eigenvalue weighted by Gasteiger charge is 2.54. The van der Waals surface area contributed by atoms with Gasteiger partial charge in [0.05, 0.1) is 24.8 Å². The molecule has 3 aromatic carbocycles. The summed E-state index contributed by atoms with van der Waals surface area (Å²) in [6.07, 6.45) is 8.83. The minimum atomic E-state index is -1.70. The molecular weight excluding hydrogens is 1420 g/mol. The lowest BCUT2D eigenvalue weighted by Gasteiger charge is -2.36. The van der Waals surface area contributed by atoms with E-state index >= 15 is 0 Å². The number of phenols is 2. The van der Waals surface area contributed by atoms with Crippen molar-refractivity contribution < 1.29 is 97.3 Å². The fourth-order valence-corrected chi connectivity index (χ4v) is 15.1. The summed E-state index contributed by atoms with van der Waals surface area (Å²) in [6, 6.07) is 4.44. The van der Waals surface area contributed by atoms with Gasteiger partial charge in [-0.1, -0.05) is 31.4 Å². The molecular formula is C75H98N12O20S. The number of fused-ring (bicyclic) bond motifs is 9. The van der Waals surface area contributed by atoms with Gasteiger partial charge in [-0.3, -0.25) is 57.5 Å². The molecule has 3 saturated heterocycles. The second-order valence-corrected chi connectivity index (χ2v) is 28.7. The Morgan fingerprint density at radius 1 is 0.611 bits per heavy atom. The van der Waals surface area contributed by atoms with Crippen LogP contribution < -0.4 is 42.4 Å². The predicted octanol–water partition coefficient (Wildman–Crippen LogP) is 3.39. The summed E-state index contributed by atoms with van der Waals surface area (Å²) in [5.74, 6) is -10.3. The van der Waals surface area contributed by atoms with Crippen molar-refractivity contribution in [1.29, 1.82) is 0 Å². The number of hydrogen-bond acceptors (Lipinski definition) is 19. The number of carboxylic acid groups (broad SMARTS) is 2. The number of nitrogens with two attached hydrogens (primary N) is 1. The van der Waals surface area contributed by atoms with Crippen LogP contribution in [0.15, 0.2) is 66.7 Å². The number of aliphatic hydroxyl groups is 1. The maximum Gasteiger partial charge on any atom is 0.340 e. The Morgan fingerprint density at radius 2 is 1.17 bits per heavy atom. The number of allylic oxidation sites excluding steroid dienone is 2. The number of aromatic hydroxyl groups is 2. The van der Waals surface area contributed by atoms with E-state index < -0.39 is 157 Å². The highest BCUT2D eigenvalue weighted by atomic mass is 32.1. The molecule has 584 valence electrons. The minimum absolute atomic E-state index is 0.00868. The number of aliphatic carboxylic acids is 2. The van der Waals surface area contributed by atoms with Crippen LogP contribution in [0.3, 0.4) is 0 Å². The van der Waals surface area contributed by atoms with E-state index in [-0.39, 0.29) is 111 Å². The summed E-state index contributed by atoms with van der Waals surface area (Å²) in [5.41, 5.74) is 6.16. The van der Waals surface area contributed by atoms with Crippen LogP contribution in [-0.2, 0) is 67.9 Å². The summed E-state index contributed by atoms with van der Waals surface area (Å²) in [7, 11) is 0. The molecule has 10 amide bonds. The van der Waals surface area contributed by atoms with Crippen LogP contribution in [0.4, 0.5) is 5.69 Å². The number of unbranched alkanes of at least 4 members (excludes halogenated alkanes) is 1. The Bertz CT molecular complexity index is 3880. The third kappa shape index (κ3) is 20.6. The molecule has 6 heterocycles. The van der Waals surface area contributed by atoms with Gasteiger partial charge in [0.1, 0.15) is 65.3 Å². The number of hydrogen-bond donors (Lipinski definition) is 12. The third-order valence-corrected chi connectivity index (χ3v) is 20.6. The van der Waals surface area contributed by atoms with Gasteiger partial charge in [-0.25, -0.2) is 4.79 Å². The molecule has 0 saturated carbocycles.